The molecule has 0 aliphatic rings. The lowest BCUT2D eigenvalue weighted by molar-refractivity contribution is -0.119. The van der Waals surface area contributed by atoms with Gasteiger partial charge in [-0.25, -0.2) is 13.8 Å². The summed E-state index contributed by atoms with van der Waals surface area (Å²) in [5.41, 5.74) is 3.26. The topological polar surface area (TPSA) is 108 Å². The Morgan fingerprint density at radius 3 is 2.35 bits per heavy atom. The van der Waals surface area contributed by atoms with Crippen molar-refractivity contribution in [3.63, 3.8) is 0 Å². The number of hydrogen-bond donors (Lipinski definition) is 2. The first-order valence-electron chi connectivity index (χ1n) is 9.23. The number of rotatable bonds is 8. The molecule has 0 radical (unpaired) electrons. The molecule has 3 aromatic carbocycles. The van der Waals surface area contributed by atoms with Crippen molar-refractivity contribution < 1.29 is 23.1 Å². The molecule has 0 bridgehead atoms. The molecular weight excluding hydrogens is 418 g/mol. The molecule has 3 aromatic rings. The number of nitrogens with one attached hydrogen (secondary N) is 1. The van der Waals surface area contributed by atoms with Crippen molar-refractivity contribution in [3.05, 3.63) is 84.4 Å². The van der Waals surface area contributed by atoms with Crippen molar-refractivity contribution in [1.29, 1.82) is 0 Å². The van der Waals surface area contributed by atoms with Crippen LogP contribution in [0.5, 0.6) is 11.5 Å². The molecule has 31 heavy (non-hydrogen) atoms. The van der Waals surface area contributed by atoms with Gasteiger partial charge in [-0.1, -0.05) is 36.4 Å². The van der Waals surface area contributed by atoms with Crippen LogP contribution >= 0.6 is 0 Å². The first-order valence-corrected chi connectivity index (χ1v) is 10.7. The number of hydrazone groups is 1. The molecule has 0 atom stereocenters. The zero-order valence-electron chi connectivity index (χ0n) is 16.7. The molecule has 2 N–H and O–H groups in total. The number of phenolic OH excluding ortho intramolecular Hbond substituents is 1. The number of anilines is 1. The van der Waals surface area contributed by atoms with Crippen LogP contribution in [0.3, 0.4) is 0 Å². The van der Waals surface area contributed by atoms with Gasteiger partial charge in [0, 0.05) is 0 Å². The van der Waals surface area contributed by atoms with Gasteiger partial charge in [0.15, 0.2) is 11.5 Å². The van der Waals surface area contributed by atoms with Crippen LogP contribution in [0, 0.1) is 0 Å². The van der Waals surface area contributed by atoms with E-state index < -0.39 is 22.5 Å². The summed E-state index contributed by atoms with van der Waals surface area (Å²) < 4.78 is 32.3. The monoisotopic (exact) mass is 439 g/mol. The third-order valence-electron chi connectivity index (χ3n) is 4.27. The molecule has 0 heterocycles. The highest BCUT2D eigenvalue weighted by Gasteiger charge is 2.26. The van der Waals surface area contributed by atoms with Crippen LogP contribution in [-0.2, 0) is 14.8 Å². The van der Waals surface area contributed by atoms with E-state index >= 15 is 0 Å². The summed E-state index contributed by atoms with van der Waals surface area (Å²) in [5, 5.41) is 13.5. The van der Waals surface area contributed by atoms with Gasteiger partial charge in [0.05, 0.1) is 23.9 Å². The number of nitrogens with zero attached hydrogens (tertiary/aromatic N) is 2. The number of sulfonamides is 1. The highest BCUT2D eigenvalue weighted by atomic mass is 32.2. The molecular formula is C22H21N3O5S. The van der Waals surface area contributed by atoms with Gasteiger partial charge in [0.1, 0.15) is 6.54 Å². The summed E-state index contributed by atoms with van der Waals surface area (Å²) >= 11 is 0. The van der Waals surface area contributed by atoms with E-state index in [-0.39, 0.29) is 16.4 Å². The van der Waals surface area contributed by atoms with E-state index in [9.17, 15) is 18.3 Å². The third-order valence-corrected chi connectivity index (χ3v) is 6.06. The fraction of sp³-hybridized carbons (Fsp3) is 0.0909. The average molecular weight is 439 g/mol. The molecule has 160 valence electrons. The van der Waals surface area contributed by atoms with E-state index in [4.69, 9.17) is 4.74 Å². The number of aromatic hydroxyl groups is 1. The van der Waals surface area contributed by atoms with E-state index in [1.54, 1.807) is 60.7 Å². The number of methoxy groups -OCH3 is 1. The summed E-state index contributed by atoms with van der Waals surface area (Å²) in [6.45, 7) is -0.461. The first kappa shape index (κ1) is 21.8. The standard InChI is InChI=1S/C22H21N3O5S/c1-30-21-14-17(12-13-20(21)26)15-23-24-22(27)16-25(18-8-4-2-5-9-18)31(28,29)19-10-6-3-7-11-19/h2-15,26H,16H2,1H3,(H,24,27)/b23-15-. The van der Waals surface area contributed by atoms with Gasteiger partial charge < -0.3 is 9.84 Å². The predicted molar refractivity (Wildman–Crippen MR) is 118 cm³/mol. The number of para-hydroxylation sites is 1. The summed E-state index contributed by atoms with van der Waals surface area (Å²) in [6, 6.07) is 20.8. The fourth-order valence-electron chi connectivity index (χ4n) is 2.75. The second-order valence-corrected chi connectivity index (χ2v) is 8.25. The fourth-order valence-corrected chi connectivity index (χ4v) is 4.19. The molecule has 9 heteroatoms. The maximum Gasteiger partial charge on any atom is 0.264 e. The smallest absolute Gasteiger partial charge is 0.264 e. The van der Waals surface area contributed by atoms with E-state index in [2.05, 4.69) is 10.5 Å². The molecule has 0 aliphatic carbocycles. The van der Waals surface area contributed by atoms with Gasteiger partial charge in [0.25, 0.3) is 15.9 Å². The molecule has 0 fully saturated rings. The van der Waals surface area contributed by atoms with Crippen molar-refractivity contribution in [3.8, 4) is 11.5 Å². The predicted octanol–water partition coefficient (Wildman–Crippen LogP) is 2.75. The van der Waals surface area contributed by atoms with Crippen LogP contribution in [0.15, 0.2) is 88.9 Å². The minimum Gasteiger partial charge on any atom is -0.504 e. The summed E-state index contributed by atoms with van der Waals surface area (Å²) in [4.78, 5) is 12.6. The van der Waals surface area contributed by atoms with E-state index in [0.29, 0.717) is 11.3 Å². The van der Waals surface area contributed by atoms with E-state index in [1.165, 1.54) is 31.5 Å². The van der Waals surface area contributed by atoms with Crippen LogP contribution in [-0.4, -0.2) is 39.3 Å². The zero-order chi connectivity index (χ0) is 22.3. The SMILES string of the molecule is COc1cc(/C=N\NC(=O)CN(c2ccccc2)S(=O)(=O)c2ccccc2)ccc1O. The average Bonchev–Trinajstić information content (AvgIpc) is 2.79. The summed E-state index contributed by atoms with van der Waals surface area (Å²) in [6.07, 6.45) is 1.36. The highest BCUT2D eigenvalue weighted by molar-refractivity contribution is 7.92. The highest BCUT2D eigenvalue weighted by Crippen LogP contribution is 2.25. The Morgan fingerprint density at radius 2 is 1.71 bits per heavy atom. The van der Waals surface area contributed by atoms with Crippen molar-refractivity contribution in [2.24, 2.45) is 5.10 Å². The van der Waals surface area contributed by atoms with Gasteiger partial charge >= 0.3 is 0 Å². The zero-order valence-corrected chi connectivity index (χ0v) is 17.5. The van der Waals surface area contributed by atoms with Crippen LogP contribution in [0.4, 0.5) is 5.69 Å². The molecule has 8 nitrogen and oxygen atoms in total. The van der Waals surface area contributed by atoms with Crippen molar-refractivity contribution in [2.45, 2.75) is 4.90 Å². The normalized spacial score (nSPS) is 11.3. The number of amides is 1. The molecule has 0 saturated carbocycles. The molecule has 1 amide bonds. The van der Waals surface area contributed by atoms with Crippen LogP contribution < -0.4 is 14.5 Å². The van der Waals surface area contributed by atoms with Gasteiger partial charge in [-0.3, -0.25) is 9.10 Å². The number of ether oxygens (including phenoxy) is 1. The minimum atomic E-state index is -3.96. The van der Waals surface area contributed by atoms with Crippen LogP contribution in [0.25, 0.3) is 0 Å². The van der Waals surface area contributed by atoms with Gasteiger partial charge in [-0.2, -0.15) is 5.10 Å². The maximum absolute atomic E-state index is 13.1. The lowest BCUT2D eigenvalue weighted by atomic mass is 10.2. The van der Waals surface area contributed by atoms with Gasteiger partial charge in [0.2, 0.25) is 0 Å². The Kier molecular flexibility index (Phi) is 6.88. The second kappa shape index (κ2) is 9.77. The quantitative estimate of drug-likeness (QED) is 0.414. The van der Waals surface area contributed by atoms with Crippen molar-refractivity contribution >= 4 is 27.8 Å². The van der Waals surface area contributed by atoms with Gasteiger partial charge in [-0.15, -0.1) is 0 Å². The van der Waals surface area contributed by atoms with Crippen LogP contribution in [0.1, 0.15) is 5.56 Å². The van der Waals surface area contributed by atoms with E-state index in [0.717, 1.165) is 4.31 Å². The molecule has 3 rings (SSSR count). The Balaban J connectivity index is 1.78. The Hall–Kier alpha value is -3.85. The van der Waals surface area contributed by atoms with Crippen LogP contribution in [0.2, 0.25) is 0 Å². The molecule has 0 aromatic heterocycles. The number of phenols is 1. The number of benzene rings is 3. The summed E-state index contributed by atoms with van der Waals surface area (Å²) in [5.74, 6) is -0.377. The molecule has 0 aliphatic heterocycles. The Bertz CT molecular complexity index is 1170. The van der Waals surface area contributed by atoms with Crippen molar-refractivity contribution in [2.75, 3.05) is 18.0 Å². The molecule has 0 saturated heterocycles. The van der Waals surface area contributed by atoms with E-state index in [1.807, 2.05) is 0 Å². The Morgan fingerprint density at radius 1 is 1.06 bits per heavy atom. The maximum atomic E-state index is 13.1. The molecule has 0 spiro atoms. The second-order valence-electron chi connectivity index (χ2n) is 6.38. The molecule has 0 unspecified atom stereocenters. The lowest BCUT2D eigenvalue weighted by Crippen LogP contribution is -2.39. The third kappa shape index (κ3) is 5.40. The largest absolute Gasteiger partial charge is 0.504 e. The first-order chi connectivity index (χ1) is 14.9. The number of carbonyl (C=O) groups is 1. The Labute approximate surface area is 180 Å². The summed E-state index contributed by atoms with van der Waals surface area (Å²) in [7, 11) is -2.54. The number of carbonyl (C=O) groups excluding carboxylic acids is 1. The number of hydrogen-bond acceptors (Lipinski definition) is 6. The van der Waals surface area contributed by atoms with Crippen molar-refractivity contribution in [1.82, 2.24) is 5.43 Å². The van der Waals surface area contributed by atoms with Gasteiger partial charge in [-0.05, 0) is 48.0 Å². The lowest BCUT2D eigenvalue weighted by Gasteiger charge is -2.23. The minimum absolute atomic E-state index is 0.0201.